The maximum Gasteiger partial charge on any atom is 0.351 e. The van der Waals surface area contributed by atoms with Gasteiger partial charge in [-0.25, -0.2) is 4.79 Å². The van der Waals surface area contributed by atoms with Gasteiger partial charge in [0.25, 0.3) is 0 Å². The highest BCUT2D eigenvalue weighted by atomic mass is 16.7. The summed E-state index contributed by atoms with van der Waals surface area (Å²) in [6.07, 6.45) is 1.75. The van der Waals surface area contributed by atoms with Crippen LogP contribution in [0.4, 0.5) is 0 Å². The first-order chi connectivity index (χ1) is 5.70. The van der Waals surface area contributed by atoms with Crippen molar-refractivity contribution in [3.63, 3.8) is 0 Å². The summed E-state index contributed by atoms with van der Waals surface area (Å²) in [6.45, 7) is 0.835. The molecule has 6 heteroatoms. The van der Waals surface area contributed by atoms with Crippen LogP contribution in [0, 0.1) is 0 Å². The maximum absolute atomic E-state index is 11.0. The zero-order valence-electron chi connectivity index (χ0n) is 6.62. The third-order valence-corrected chi connectivity index (χ3v) is 1.59. The van der Waals surface area contributed by atoms with E-state index in [-0.39, 0.29) is 12.0 Å². The Bertz CT molecular complexity index is 194. The van der Waals surface area contributed by atoms with Gasteiger partial charge in [-0.15, -0.1) is 0 Å². The van der Waals surface area contributed by atoms with Gasteiger partial charge in [-0.3, -0.25) is 0 Å². The average molecular weight is 172 g/mol. The summed E-state index contributed by atoms with van der Waals surface area (Å²) in [5.74, 6) is -0.678. The van der Waals surface area contributed by atoms with E-state index in [2.05, 4.69) is 15.3 Å². The van der Waals surface area contributed by atoms with Crippen LogP contribution in [0.5, 0.6) is 0 Å². The quantitative estimate of drug-likeness (QED) is 0.203. The van der Waals surface area contributed by atoms with Crippen LogP contribution in [0.2, 0.25) is 0 Å². The Labute approximate surface area is 69.9 Å². The van der Waals surface area contributed by atoms with E-state index < -0.39 is 5.97 Å². The minimum atomic E-state index is -0.430. The molecular weight excluding hydrogens is 160 g/mol. The molecule has 0 bridgehead atoms. The Balaban J connectivity index is 2.32. The molecule has 1 fully saturated rings. The largest absolute Gasteiger partial charge is 0.367 e. The molecule has 12 heavy (non-hydrogen) atoms. The summed E-state index contributed by atoms with van der Waals surface area (Å²) in [5, 5.41) is 6.11. The van der Waals surface area contributed by atoms with Gasteiger partial charge in [0.15, 0.2) is 0 Å². The Morgan fingerprint density at radius 2 is 2.33 bits per heavy atom. The molecule has 0 unspecified atom stereocenters. The summed E-state index contributed by atoms with van der Waals surface area (Å²) < 4.78 is 0. The third kappa shape index (κ3) is 2.39. The molecule has 1 aliphatic rings. The van der Waals surface area contributed by atoms with Gasteiger partial charge in [0, 0.05) is 0 Å². The Morgan fingerprint density at radius 3 is 2.83 bits per heavy atom. The van der Waals surface area contributed by atoms with E-state index in [1.807, 2.05) is 0 Å². The van der Waals surface area contributed by atoms with Gasteiger partial charge in [-0.2, -0.15) is 0 Å². The van der Waals surface area contributed by atoms with Gasteiger partial charge >= 0.3 is 5.97 Å². The molecule has 68 valence electrons. The molecule has 0 aromatic carbocycles. The molecule has 1 saturated heterocycles. The molecule has 0 aromatic heterocycles. The molecule has 0 spiro atoms. The number of carbonyl (C=O) groups excluding carboxylic acids is 1. The van der Waals surface area contributed by atoms with Crippen molar-refractivity contribution in [2.45, 2.75) is 18.9 Å². The lowest BCUT2D eigenvalue weighted by atomic mass is 10.2. The molecule has 0 amide bonds. The molecule has 0 saturated carbocycles. The van der Waals surface area contributed by atoms with Crippen molar-refractivity contribution in [2.75, 3.05) is 6.54 Å². The topological polar surface area (TPSA) is 103 Å². The van der Waals surface area contributed by atoms with Crippen LogP contribution in [-0.2, 0) is 9.63 Å². The first-order valence-corrected chi connectivity index (χ1v) is 3.73. The Morgan fingerprint density at radius 1 is 1.58 bits per heavy atom. The van der Waals surface area contributed by atoms with Gasteiger partial charge in [0.2, 0.25) is 5.96 Å². The van der Waals surface area contributed by atoms with Crippen LogP contribution in [0.25, 0.3) is 0 Å². The lowest BCUT2D eigenvalue weighted by molar-refractivity contribution is -0.145. The van der Waals surface area contributed by atoms with Crippen molar-refractivity contribution in [3.8, 4) is 0 Å². The van der Waals surface area contributed by atoms with Gasteiger partial charge in [0.1, 0.15) is 6.04 Å². The maximum atomic E-state index is 11.0. The lowest BCUT2D eigenvalue weighted by Gasteiger charge is -2.04. The number of hydrogen-bond acceptors (Lipinski definition) is 4. The van der Waals surface area contributed by atoms with Crippen molar-refractivity contribution in [1.82, 2.24) is 5.32 Å². The Hall–Kier alpha value is -1.30. The zero-order valence-corrected chi connectivity index (χ0v) is 6.62. The van der Waals surface area contributed by atoms with Crippen LogP contribution in [0.1, 0.15) is 12.8 Å². The number of oxime groups is 1. The summed E-state index contributed by atoms with van der Waals surface area (Å²) in [7, 11) is 0. The predicted molar refractivity (Wildman–Crippen MR) is 42.9 cm³/mol. The first kappa shape index (κ1) is 8.79. The summed E-state index contributed by atoms with van der Waals surface area (Å²) in [5.41, 5.74) is 9.94. The van der Waals surface area contributed by atoms with Crippen molar-refractivity contribution in [1.29, 1.82) is 0 Å². The van der Waals surface area contributed by atoms with Gasteiger partial charge in [0.05, 0.1) is 0 Å². The van der Waals surface area contributed by atoms with Gasteiger partial charge < -0.3 is 21.6 Å². The third-order valence-electron chi connectivity index (χ3n) is 1.59. The minimum Gasteiger partial charge on any atom is -0.367 e. The number of nitrogens with two attached hydrogens (primary N) is 2. The lowest BCUT2D eigenvalue weighted by Crippen LogP contribution is -2.32. The van der Waals surface area contributed by atoms with Gasteiger partial charge in [-0.1, -0.05) is 0 Å². The van der Waals surface area contributed by atoms with Crippen LogP contribution < -0.4 is 16.8 Å². The number of hydrogen-bond donors (Lipinski definition) is 3. The van der Waals surface area contributed by atoms with E-state index in [1.165, 1.54) is 0 Å². The van der Waals surface area contributed by atoms with Crippen LogP contribution in [-0.4, -0.2) is 24.5 Å². The predicted octanol–water partition coefficient (Wildman–Crippen LogP) is -1.53. The second-order valence-corrected chi connectivity index (χ2v) is 2.58. The van der Waals surface area contributed by atoms with Gasteiger partial charge in [-0.05, 0) is 24.5 Å². The fourth-order valence-corrected chi connectivity index (χ4v) is 1.05. The molecule has 1 rings (SSSR count). The average Bonchev–Trinajstić information content (AvgIpc) is 2.51. The van der Waals surface area contributed by atoms with E-state index in [1.54, 1.807) is 0 Å². The molecule has 0 radical (unpaired) electrons. The first-order valence-electron chi connectivity index (χ1n) is 3.73. The normalized spacial score (nSPS) is 21.8. The summed E-state index contributed by atoms with van der Waals surface area (Å²) in [4.78, 5) is 15.5. The van der Waals surface area contributed by atoms with Crippen LogP contribution in [0.3, 0.4) is 0 Å². The summed E-state index contributed by atoms with van der Waals surface area (Å²) in [6, 6.07) is -0.256. The van der Waals surface area contributed by atoms with Crippen molar-refractivity contribution in [2.24, 2.45) is 16.6 Å². The number of nitrogens with zero attached hydrogens (tertiary/aromatic N) is 1. The molecule has 6 nitrogen and oxygen atoms in total. The SMILES string of the molecule is NC(N)=NOC(=O)[C@@H]1CCCN1. The second kappa shape index (κ2) is 3.91. The monoisotopic (exact) mass is 172 g/mol. The van der Waals surface area contributed by atoms with Crippen molar-refractivity contribution in [3.05, 3.63) is 0 Å². The standard InChI is InChI=1S/C6H12N4O2/c7-6(8)10-12-5(11)4-2-1-3-9-4/h4,9H,1-3H2,(H4,7,8,10)/t4-/m0/s1. The van der Waals surface area contributed by atoms with E-state index >= 15 is 0 Å². The number of carbonyl (C=O) groups is 1. The number of rotatable bonds is 2. The molecule has 5 N–H and O–H groups in total. The number of nitrogens with one attached hydrogen (secondary N) is 1. The van der Waals surface area contributed by atoms with Crippen LogP contribution >= 0.6 is 0 Å². The van der Waals surface area contributed by atoms with Crippen molar-refractivity contribution >= 4 is 11.9 Å². The van der Waals surface area contributed by atoms with Crippen LogP contribution in [0.15, 0.2) is 5.16 Å². The fourth-order valence-electron chi connectivity index (χ4n) is 1.05. The molecule has 1 heterocycles. The molecule has 0 aliphatic carbocycles. The number of guanidine groups is 1. The highest BCUT2D eigenvalue weighted by molar-refractivity contribution is 5.79. The molecule has 0 aromatic rings. The fraction of sp³-hybridized carbons (Fsp3) is 0.667. The summed E-state index contributed by atoms with van der Waals surface area (Å²) >= 11 is 0. The Kier molecular flexibility index (Phi) is 2.87. The highest BCUT2D eigenvalue weighted by Crippen LogP contribution is 2.06. The molecular formula is C6H12N4O2. The minimum absolute atomic E-state index is 0.249. The van der Waals surface area contributed by atoms with E-state index in [0.717, 1.165) is 19.4 Å². The van der Waals surface area contributed by atoms with E-state index in [0.29, 0.717) is 0 Å². The van der Waals surface area contributed by atoms with Crippen molar-refractivity contribution < 1.29 is 9.63 Å². The van der Waals surface area contributed by atoms with E-state index in [4.69, 9.17) is 11.5 Å². The molecule has 1 atom stereocenters. The zero-order chi connectivity index (χ0) is 8.97. The molecule has 1 aliphatic heterocycles. The second-order valence-electron chi connectivity index (χ2n) is 2.58. The van der Waals surface area contributed by atoms with E-state index in [9.17, 15) is 4.79 Å². The highest BCUT2D eigenvalue weighted by Gasteiger charge is 2.23. The smallest absolute Gasteiger partial charge is 0.351 e.